The average molecular weight is 331 g/mol. The molecule has 0 radical (unpaired) electrons. The summed E-state index contributed by atoms with van der Waals surface area (Å²) in [6.45, 7) is 1.22. The zero-order valence-electron chi connectivity index (χ0n) is 11.0. The van der Waals surface area contributed by atoms with E-state index in [0.717, 1.165) is 11.0 Å². The number of hydrogen-bond donors (Lipinski definition) is 3. The predicted octanol–water partition coefficient (Wildman–Crippen LogP) is 1.66. The molecule has 0 spiro atoms. The Hall–Kier alpha value is -1.76. The summed E-state index contributed by atoms with van der Waals surface area (Å²) in [5.41, 5.74) is 0.597. The Morgan fingerprint density at radius 1 is 1.33 bits per heavy atom. The van der Waals surface area contributed by atoms with E-state index >= 15 is 0 Å². The fraction of sp³-hybridized carbons (Fsp3) is 0.231. The summed E-state index contributed by atoms with van der Waals surface area (Å²) in [6, 6.07) is 1.41. The molecule has 1 aliphatic rings. The summed E-state index contributed by atoms with van der Waals surface area (Å²) >= 11 is 11.9. The highest BCUT2D eigenvalue weighted by Gasteiger charge is 2.31. The van der Waals surface area contributed by atoms with Crippen molar-refractivity contribution in [2.45, 2.75) is 6.92 Å². The number of imide groups is 1. The smallest absolute Gasteiger partial charge is 0.277 e. The molecule has 0 bridgehead atoms. The number of nitrogens with zero attached hydrogens (tertiary/aromatic N) is 1. The lowest BCUT2D eigenvalue weighted by Gasteiger charge is -2.15. The number of hydrogen-bond acceptors (Lipinski definition) is 5. The van der Waals surface area contributed by atoms with Gasteiger partial charge in [-0.15, -0.1) is 0 Å². The average Bonchev–Trinajstić information content (AvgIpc) is 2.70. The Balaban J connectivity index is 2.30. The van der Waals surface area contributed by atoms with Crippen LogP contribution < -0.4 is 5.32 Å². The Morgan fingerprint density at radius 2 is 2.00 bits per heavy atom. The Labute approximate surface area is 130 Å². The molecule has 0 fully saturated rings. The van der Waals surface area contributed by atoms with Gasteiger partial charge in [0.2, 0.25) is 0 Å². The van der Waals surface area contributed by atoms with Crippen molar-refractivity contribution in [1.82, 2.24) is 4.90 Å². The fourth-order valence-corrected chi connectivity index (χ4v) is 2.31. The summed E-state index contributed by atoms with van der Waals surface area (Å²) in [4.78, 5) is 24.5. The summed E-state index contributed by atoms with van der Waals surface area (Å²) < 4.78 is 0. The van der Waals surface area contributed by atoms with E-state index in [4.69, 9.17) is 28.3 Å². The molecule has 0 saturated carbocycles. The van der Waals surface area contributed by atoms with Crippen LogP contribution in [0.25, 0.3) is 0 Å². The molecule has 8 heteroatoms. The lowest BCUT2D eigenvalue weighted by atomic mass is 10.2. The van der Waals surface area contributed by atoms with Crippen molar-refractivity contribution in [3.8, 4) is 5.75 Å². The van der Waals surface area contributed by atoms with Crippen LogP contribution in [0.3, 0.4) is 0 Å². The van der Waals surface area contributed by atoms with E-state index in [9.17, 15) is 14.7 Å². The first kappa shape index (κ1) is 15.6. The van der Waals surface area contributed by atoms with Gasteiger partial charge in [0.25, 0.3) is 11.8 Å². The molecule has 3 N–H and O–H groups in total. The molecule has 2 amide bonds. The normalized spacial score (nSPS) is 14.7. The van der Waals surface area contributed by atoms with Crippen LogP contribution in [-0.4, -0.2) is 40.1 Å². The third-order valence-corrected chi connectivity index (χ3v) is 3.88. The number of amides is 2. The number of aliphatic hydroxyl groups excluding tert-OH is 1. The quantitative estimate of drug-likeness (QED) is 0.577. The first-order valence-corrected chi connectivity index (χ1v) is 6.75. The summed E-state index contributed by atoms with van der Waals surface area (Å²) in [5, 5.41) is 21.8. The second-order valence-corrected chi connectivity index (χ2v) is 5.18. The largest absolute Gasteiger partial charge is 0.504 e. The minimum atomic E-state index is -0.596. The van der Waals surface area contributed by atoms with Gasteiger partial charge in [0, 0.05) is 11.1 Å². The number of carbonyl (C=O) groups is 2. The number of benzene rings is 1. The lowest BCUT2D eigenvalue weighted by molar-refractivity contribution is -0.137. The van der Waals surface area contributed by atoms with Gasteiger partial charge < -0.3 is 15.5 Å². The van der Waals surface area contributed by atoms with Crippen LogP contribution >= 0.6 is 23.2 Å². The highest BCUT2D eigenvalue weighted by molar-refractivity contribution is 6.37. The zero-order chi connectivity index (χ0) is 15.7. The highest BCUT2D eigenvalue weighted by Crippen LogP contribution is 2.39. The molecule has 0 atom stereocenters. The molecule has 1 aromatic rings. The Kier molecular flexibility index (Phi) is 4.41. The van der Waals surface area contributed by atoms with E-state index < -0.39 is 11.8 Å². The van der Waals surface area contributed by atoms with E-state index in [2.05, 4.69) is 5.32 Å². The maximum atomic E-state index is 12.0. The van der Waals surface area contributed by atoms with Gasteiger partial charge in [0.1, 0.15) is 5.70 Å². The first-order chi connectivity index (χ1) is 9.86. The minimum Gasteiger partial charge on any atom is -0.504 e. The van der Waals surface area contributed by atoms with E-state index in [1.807, 2.05) is 0 Å². The lowest BCUT2D eigenvalue weighted by Crippen LogP contribution is -2.34. The third kappa shape index (κ3) is 2.83. The van der Waals surface area contributed by atoms with Crippen LogP contribution in [0.15, 0.2) is 17.8 Å². The van der Waals surface area contributed by atoms with Gasteiger partial charge in [-0.1, -0.05) is 23.2 Å². The van der Waals surface area contributed by atoms with Crippen molar-refractivity contribution in [2.75, 3.05) is 18.5 Å². The number of aromatic hydroxyl groups is 1. The first-order valence-electron chi connectivity index (χ1n) is 5.99. The molecule has 1 aromatic carbocycles. The minimum absolute atomic E-state index is 0.0280. The number of aliphatic hydroxyl groups is 1. The third-order valence-electron chi connectivity index (χ3n) is 3.02. The molecule has 21 heavy (non-hydrogen) atoms. The molecule has 112 valence electrons. The molecule has 1 heterocycles. The monoisotopic (exact) mass is 330 g/mol. The van der Waals surface area contributed by atoms with E-state index in [1.54, 1.807) is 6.92 Å². The molecular weight excluding hydrogens is 319 g/mol. The Morgan fingerprint density at radius 3 is 2.62 bits per heavy atom. The van der Waals surface area contributed by atoms with E-state index in [0.29, 0.717) is 10.6 Å². The van der Waals surface area contributed by atoms with Crippen LogP contribution in [-0.2, 0) is 9.59 Å². The molecule has 0 aromatic heterocycles. The van der Waals surface area contributed by atoms with Gasteiger partial charge >= 0.3 is 0 Å². The maximum absolute atomic E-state index is 12.0. The van der Waals surface area contributed by atoms with E-state index in [-0.39, 0.29) is 35.3 Å². The topological polar surface area (TPSA) is 89.9 Å². The van der Waals surface area contributed by atoms with Gasteiger partial charge in [-0.2, -0.15) is 0 Å². The molecule has 1 aliphatic heterocycles. The van der Waals surface area contributed by atoms with Crippen LogP contribution in [0.2, 0.25) is 10.0 Å². The van der Waals surface area contributed by atoms with Crippen LogP contribution in [0.5, 0.6) is 5.75 Å². The van der Waals surface area contributed by atoms with E-state index in [1.165, 1.54) is 6.07 Å². The Bertz CT molecular complexity index is 658. The predicted molar refractivity (Wildman–Crippen MR) is 78.4 cm³/mol. The molecule has 0 saturated heterocycles. The molecule has 2 rings (SSSR count). The standard InChI is InChI=1S/C13H12Cl2N2O4/c1-6-7(14)4-8(12(20)11(6)15)16-9-5-10(19)17(2-3-18)13(9)21/h4-5,16,18,20H,2-3H2,1H3. The summed E-state index contributed by atoms with van der Waals surface area (Å²) in [6.07, 6.45) is 1.08. The molecule has 6 nitrogen and oxygen atoms in total. The molecular formula is C13H12Cl2N2O4. The van der Waals surface area contributed by atoms with Crippen LogP contribution in [0.1, 0.15) is 5.56 Å². The maximum Gasteiger partial charge on any atom is 0.277 e. The number of nitrogens with one attached hydrogen (secondary N) is 1. The van der Waals surface area contributed by atoms with Crippen molar-refractivity contribution >= 4 is 40.7 Å². The van der Waals surface area contributed by atoms with Crippen LogP contribution in [0.4, 0.5) is 5.69 Å². The number of β-amino-alcohol motifs (C(OH)–C–C–N with tert-alkyl or cyclic N) is 1. The van der Waals surface area contributed by atoms with Crippen molar-refractivity contribution in [3.63, 3.8) is 0 Å². The number of carbonyl (C=O) groups excluding carboxylic acids is 2. The van der Waals surface area contributed by atoms with Gasteiger partial charge in [0.05, 0.1) is 23.9 Å². The van der Waals surface area contributed by atoms with Gasteiger partial charge in [-0.05, 0) is 18.6 Å². The number of rotatable bonds is 4. The van der Waals surface area contributed by atoms with Gasteiger partial charge in [-0.3, -0.25) is 14.5 Å². The second-order valence-electron chi connectivity index (χ2n) is 4.40. The SMILES string of the molecule is Cc1c(Cl)cc(NC2=CC(=O)N(CCO)C2=O)c(O)c1Cl. The summed E-state index contributed by atoms with van der Waals surface area (Å²) in [7, 11) is 0. The highest BCUT2D eigenvalue weighted by atomic mass is 35.5. The summed E-state index contributed by atoms with van der Waals surface area (Å²) in [5.74, 6) is -1.40. The second kappa shape index (κ2) is 5.93. The number of halogens is 2. The number of anilines is 1. The molecule has 0 aliphatic carbocycles. The van der Waals surface area contributed by atoms with Gasteiger partial charge in [-0.25, -0.2) is 0 Å². The molecule has 0 unspecified atom stereocenters. The van der Waals surface area contributed by atoms with Crippen molar-refractivity contribution < 1.29 is 19.8 Å². The van der Waals surface area contributed by atoms with Gasteiger partial charge in [0.15, 0.2) is 5.75 Å². The zero-order valence-corrected chi connectivity index (χ0v) is 12.5. The van der Waals surface area contributed by atoms with Crippen LogP contribution in [0, 0.1) is 6.92 Å². The van der Waals surface area contributed by atoms with Crippen molar-refractivity contribution in [2.24, 2.45) is 0 Å². The van der Waals surface area contributed by atoms with Crippen molar-refractivity contribution in [1.29, 1.82) is 0 Å². The number of phenolic OH excluding ortho intramolecular Hbond substituents is 1. The number of phenols is 1. The fourth-order valence-electron chi connectivity index (χ4n) is 1.85. The van der Waals surface area contributed by atoms with Crippen molar-refractivity contribution in [3.05, 3.63) is 33.4 Å².